The number of hydrogen-bond donors (Lipinski definition) is 2. The van der Waals surface area contributed by atoms with Crippen LogP contribution < -0.4 is 11.1 Å². The fourth-order valence-corrected chi connectivity index (χ4v) is 3.20. The zero-order valence-electron chi connectivity index (χ0n) is 11.1. The summed E-state index contributed by atoms with van der Waals surface area (Å²) in [4.78, 5) is 1.34. The highest BCUT2D eigenvalue weighted by molar-refractivity contribution is 8.00. The molecule has 1 aliphatic rings. The number of fused-ring (bicyclic) bond motifs is 1. The van der Waals surface area contributed by atoms with Gasteiger partial charge in [-0.2, -0.15) is 0 Å². The van der Waals surface area contributed by atoms with Crippen molar-refractivity contribution < 1.29 is 0 Å². The van der Waals surface area contributed by atoms with Crippen LogP contribution in [0.3, 0.4) is 0 Å². The molecule has 1 aromatic rings. The zero-order chi connectivity index (χ0) is 12.6. The van der Waals surface area contributed by atoms with Crippen molar-refractivity contribution in [2.45, 2.75) is 49.3 Å². The van der Waals surface area contributed by atoms with Crippen LogP contribution in [0.4, 0.5) is 5.69 Å². The molecule has 17 heavy (non-hydrogen) atoms. The molecule has 3 N–H and O–H groups in total. The van der Waals surface area contributed by atoms with Gasteiger partial charge in [-0.15, -0.1) is 11.8 Å². The van der Waals surface area contributed by atoms with Gasteiger partial charge in [-0.25, -0.2) is 0 Å². The van der Waals surface area contributed by atoms with Crippen molar-refractivity contribution in [1.82, 2.24) is 0 Å². The summed E-state index contributed by atoms with van der Waals surface area (Å²) >= 11 is 1.91. The first-order valence-corrected chi connectivity index (χ1v) is 7.07. The molecule has 2 atom stereocenters. The Balaban J connectivity index is 2.34. The van der Waals surface area contributed by atoms with E-state index in [4.69, 9.17) is 5.73 Å². The van der Waals surface area contributed by atoms with Crippen LogP contribution in [0.1, 0.15) is 33.3 Å². The van der Waals surface area contributed by atoms with Crippen molar-refractivity contribution in [3.05, 3.63) is 23.8 Å². The van der Waals surface area contributed by atoms with Gasteiger partial charge in [0, 0.05) is 28.4 Å². The largest absolute Gasteiger partial charge is 0.381 e. The molecule has 0 saturated carbocycles. The topological polar surface area (TPSA) is 38.0 Å². The molecule has 2 nitrogen and oxygen atoms in total. The Morgan fingerprint density at radius 3 is 2.65 bits per heavy atom. The third-order valence-electron chi connectivity index (χ3n) is 3.30. The molecule has 1 aliphatic heterocycles. The summed E-state index contributed by atoms with van der Waals surface area (Å²) in [5.41, 5.74) is 8.65. The van der Waals surface area contributed by atoms with Crippen LogP contribution in [0.15, 0.2) is 23.1 Å². The van der Waals surface area contributed by atoms with Gasteiger partial charge < -0.3 is 11.1 Å². The molecular formula is C14H22N2S. The van der Waals surface area contributed by atoms with Crippen LogP contribution in [-0.4, -0.2) is 17.8 Å². The van der Waals surface area contributed by atoms with Crippen molar-refractivity contribution in [2.24, 2.45) is 5.73 Å². The van der Waals surface area contributed by atoms with Crippen molar-refractivity contribution in [1.29, 1.82) is 0 Å². The maximum atomic E-state index is 5.81. The molecule has 94 valence electrons. The predicted molar refractivity (Wildman–Crippen MR) is 76.9 cm³/mol. The smallest absolute Gasteiger partial charge is 0.0481 e. The Morgan fingerprint density at radius 1 is 1.35 bits per heavy atom. The highest BCUT2D eigenvalue weighted by atomic mass is 32.2. The molecule has 2 rings (SSSR count). The summed E-state index contributed by atoms with van der Waals surface area (Å²) in [6, 6.07) is 7.17. The van der Waals surface area contributed by atoms with Gasteiger partial charge in [0.2, 0.25) is 0 Å². The second-order valence-electron chi connectivity index (χ2n) is 5.79. The number of anilines is 1. The normalized spacial score (nSPS) is 24.1. The minimum Gasteiger partial charge on any atom is -0.381 e. The van der Waals surface area contributed by atoms with E-state index < -0.39 is 0 Å². The molecule has 0 spiro atoms. The van der Waals surface area contributed by atoms with E-state index in [-0.39, 0.29) is 5.41 Å². The van der Waals surface area contributed by atoms with E-state index in [1.165, 1.54) is 16.1 Å². The first-order chi connectivity index (χ1) is 7.91. The lowest BCUT2D eigenvalue weighted by Crippen LogP contribution is -2.37. The van der Waals surface area contributed by atoms with E-state index in [0.717, 1.165) is 6.54 Å². The summed E-state index contributed by atoms with van der Waals surface area (Å²) in [6.07, 6.45) is 0. The molecule has 0 fully saturated rings. The number of nitrogens with two attached hydrogens (primary N) is 1. The van der Waals surface area contributed by atoms with Crippen LogP contribution in [0.5, 0.6) is 0 Å². The van der Waals surface area contributed by atoms with E-state index in [1.807, 2.05) is 11.8 Å². The maximum Gasteiger partial charge on any atom is 0.0481 e. The molecule has 0 aromatic heterocycles. The van der Waals surface area contributed by atoms with Gasteiger partial charge in [0.15, 0.2) is 0 Å². The Kier molecular flexibility index (Phi) is 3.41. The van der Waals surface area contributed by atoms with Gasteiger partial charge in [0.1, 0.15) is 0 Å². The number of hydrogen-bond acceptors (Lipinski definition) is 3. The molecule has 2 unspecified atom stereocenters. The lowest BCUT2D eigenvalue weighted by Gasteiger charge is -2.32. The van der Waals surface area contributed by atoms with Crippen molar-refractivity contribution in [2.75, 3.05) is 11.9 Å². The van der Waals surface area contributed by atoms with Gasteiger partial charge in [-0.05, 0) is 30.0 Å². The lowest BCUT2D eigenvalue weighted by molar-refractivity contribution is 0.588. The predicted octanol–water partition coefficient (Wildman–Crippen LogP) is 3.22. The monoisotopic (exact) mass is 250 g/mol. The van der Waals surface area contributed by atoms with Crippen molar-refractivity contribution in [3.8, 4) is 0 Å². The molecule has 0 amide bonds. The van der Waals surface area contributed by atoms with Crippen LogP contribution in [0, 0.1) is 0 Å². The second-order valence-corrected chi connectivity index (χ2v) is 7.07. The van der Waals surface area contributed by atoms with Crippen LogP contribution in [0.2, 0.25) is 0 Å². The summed E-state index contributed by atoms with van der Waals surface area (Å²) in [6.45, 7) is 9.67. The summed E-state index contributed by atoms with van der Waals surface area (Å²) < 4.78 is 0. The molecule has 0 radical (unpaired) electrons. The highest BCUT2D eigenvalue weighted by Gasteiger charge is 2.25. The van der Waals surface area contributed by atoms with Gasteiger partial charge in [0.25, 0.3) is 0 Å². The molecule has 3 heteroatoms. The number of benzene rings is 1. The molecule has 0 aliphatic carbocycles. The third kappa shape index (κ3) is 2.61. The van der Waals surface area contributed by atoms with Crippen LogP contribution in [0.25, 0.3) is 0 Å². The average molecular weight is 250 g/mol. The molecule has 0 saturated heterocycles. The van der Waals surface area contributed by atoms with Crippen LogP contribution >= 0.6 is 11.8 Å². The molecule has 1 aromatic carbocycles. The zero-order valence-corrected chi connectivity index (χ0v) is 11.9. The van der Waals surface area contributed by atoms with Crippen molar-refractivity contribution in [3.63, 3.8) is 0 Å². The van der Waals surface area contributed by atoms with E-state index in [2.05, 4.69) is 51.2 Å². The highest BCUT2D eigenvalue weighted by Crippen LogP contribution is 2.39. The average Bonchev–Trinajstić information content (AvgIpc) is 2.26. The van der Waals surface area contributed by atoms with Crippen molar-refractivity contribution >= 4 is 17.4 Å². The number of thioether (sulfide) groups is 1. The van der Waals surface area contributed by atoms with E-state index in [0.29, 0.717) is 11.3 Å². The summed E-state index contributed by atoms with van der Waals surface area (Å²) in [7, 11) is 0. The summed E-state index contributed by atoms with van der Waals surface area (Å²) in [5.74, 6) is 0. The minimum absolute atomic E-state index is 0.205. The van der Waals surface area contributed by atoms with Gasteiger partial charge in [0.05, 0.1) is 0 Å². The van der Waals surface area contributed by atoms with Gasteiger partial charge >= 0.3 is 0 Å². The van der Waals surface area contributed by atoms with E-state index >= 15 is 0 Å². The standard InChI is InChI=1S/C14H22N2S/c1-9-13(8-15)17-12-7-10(14(2,3)4)5-6-11(12)16-9/h5-7,9,13,16H,8,15H2,1-4H3. The number of nitrogens with one attached hydrogen (secondary N) is 1. The fourth-order valence-electron chi connectivity index (χ4n) is 2.06. The Morgan fingerprint density at radius 2 is 2.06 bits per heavy atom. The first kappa shape index (κ1) is 12.8. The first-order valence-electron chi connectivity index (χ1n) is 6.19. The molecule has 0 bridgehead atoms. The molecular weight excluding hydrogens is 228 g/mol. The Labute approximate surface area is 108 Å². The number of rotatable bonds is 1. The van der Waals surface area contributed by atoms with E-state index in [1.54, 1.807) is 0 Å². The quantitative estimate of drug-likeness (QED) is 0.803. The molecule has 1 heterocycles. The van der Waals surface area contributed by atoms with E-state index in [9.17, 15) is 0 Å². The Bertz CT molecular complexity index is 409. The SMILES string of the molecule is CC1Nc2ccc(C(C)(C)C)cc2SC1CN. The minimum atomic E-state index is 0.205. The summed E-state index contributed by atoms with van der Waals surface area (Å²) in [5, 5.41) is 4.01. The Hall–Kier alpha value is -0.670. The van der Waals surface area contributed by atoms with Gasteiger partial charge in [-0.3, -0.25) is 0 Å². The van der Waals surface area contributed by atoms with Gasteiger partial charge in [-0.1, -0.05) is 26.8 Å². The lowest BCUT2D eigenvalue weighted by atomic mass is 9.87. The van der Waals surface area contributed by atoms with Crippen LogP contribution in [-0.2, 0) is 5.41 Å². The third-order valence-corrected chi connectivity index (χ3v) is 4.79. The maximum absolute atomic E-state index is 5.81. The second kappa shape index (κ2) is 4.54. The fraction of sp³-hybridized carbons (Fsp3) is 0.571.